The van der Waals surface area contributed by atoms with E-state index in [0.717, 1.165) is 11.3 Å². The number of thiazole rings is 1. The van der Waals surface area contributed by atoms with E-state index < -0.39 is 0 Å². The van der Waals surface area contributed by atoms with Gasteiger partial charge in [-0.15, -0.1) is 11.3 Å². The molecule has 1 heterocycles. The van der Waals surface area contributed by atoms with Gasteiger partial charge in [0, 0.05) is 10.9 Å². The zero-order valence-corrected chi connectivity index (χ0v) is 17.0. The third-order valence-corrected chi connectivity index (χ3v) is 5.35. The Labute approximate surface area is 167 Å². The Kier molecular flexibility index (Phi) is 5.37. The molecule has 3 aromatic rings. The van der Waals surface area contributed by atoms with E-state index >= 15 is 0 Å². The molecular formula is C20H18Cl2N2OS. The first-order chi connectivity index (χ1) is 12.3. The lowest BCUT2D eigenvalue weighted by molar-refractivity contribution is 0.102. The number of benzene rings is 2. The zero-order chi connectivity index (χ0) is 18.9. The number of nitrogens with zero attached hydrogens (tertiary/aromatic N) is 1. The highest BCUT2D eigenvalue weighted by molar-refractivity contribution is 7.14. The Bertz CT molecular complexity index is 923. The molecule has 1 aromatic heterocycles. The number of hydrogen-bond donors (Lipinski definition) is 1. The average Bonchev–Trinajstić information content (AvgIpc) is 3.02. The molecule has 0 radical (unpaired) electrons. The summed E-state index contributed by atoms with van der Waals surface area (Å²) in [6, 6.07) is 13.3. The molecule has 2 aromatic carbocycles. The molecule has 0 unspecified atom stereocenters. The third-order valence-electron chi connectivity index (χ3n) is 3.96. The SMILES string of the molecule is CC(C)(C)c1ccc(-c2csc(NC(=O)c3c(Cl)cccc3Cl)n2)cc1. The number of halogens is 2. The molecule has 0 bridgehead atoms. The van der Waals surface area contributed by atoms with Crippen molar-refractivity contribution >= 4 is 45.6 Å². The van der Waals surface area contributed by atoms with Gasteiger partial charge in [-0.1, -0.05) is 74.3 Å². The van der Waals surface area contributed by atoms with Gasteiger partial charge in [0.1, 0.15) is 0 Å². The molecule has 0 aliphatic carbocycles. The van der Waals surface area contributed by atoms with Crippen LogP contribution in [0, 0.1) is 0 Å². The highest BCUT2D eigenvalue weighted by atomic mass is 35.5. The van der Waals surface area contributed by atoms with Gasteiger partial charge in [-0.25, -0.2) is 4.98 Å². The van der Waals surface area contributed by atoms with Crippen LogP contribution in [0.3, 0.4) is 0 Å². The van der Waals surface area contributed by atoms with Gasteiger partial charge in [0.25, 0.3) is 5.91 Å². The zero-order valence-electron chi connectivity index (χ0n) is 14.6. The number of anilines is 1. The molecule has 0 atom stereocenters. The van der Waals surface area contributed by atoms with Crippen LogP contribution >= 0.6 is 34.5 Å². The Morgan fingerprint density at radius 1 is 1.04 bits per heavy atom. The van der Waals surface area contributed by atoms with Crippen LogP contribution in [0.2, 0.25) is 10.0 Å². The normalized spacial score (nSPS) is 11.4. The van der Waals surface area contributed by atoms with Gasteiger partial charge in [0.2, 0.25) is 0 Å². The topological polar surface area (TPSA) is 42.0 Å². The van der Waals surface area contributed by atoms with Crippen molar-refractivity contribution in [1.29, 1.82) is 0 Å². The van der Waals surface area contributed by atoms with E-state index in [1.807, 2.05) is 17.5 Å². The standard InChI is InChI=1S/C20H18Cl2N2OS/c1-20(2,3)13-9-7-12(8-10-13)16-11-26-19(23-16)24-18(25)17-14(21)5-4-6-15(17)22/h4-11H,1-3H3,(H,23,24,25). The van der Waals surface area contributed by atoms with Crippen molar-refractivity contribution in [3.8, 4) is 11.3 Å². The fourth-order valence-electron chi connectivity index (χ4n) is 2.48. The minimum atomic E-state index is -0.371. The largest absolute Gasteiger partial charge is 0.298 e. The van der Waals surface area contributed by atoms with Gasteiger partial charge in [-0.05, 0) is 23.1 Å². The van der Waals surface area contributed by atoms with Crippen molar-refractivity contribution in [2.45, 2.75) is 26.2 Å². The van der Waals surface area contributed by atoms with Crippen LogP contribution in [0.4, 0.5) is 5.13 Å². The molecule has 0 aliphatic heterocycles. The van der Waals surface area contributed by atoms with Gasteiger partial charge >= 0.3 is 0 Å². The highest BCUT2D eigenvalue weighted by Gasteiger charge is 2.17. The summed E-state index contributed by atoms with van der Waals surface area (Å²) in [5.74, 6) is -0.371. The first-order valence-electron chi connectivity index (χ1n) is 8.07. The van der Waals surface area contributed by atoms with Crippen LogP contribution in [0.5, 0.6) is 0 Å². The van der Waals surface area contributed by atoms with Crippen LogP contribution in [0.15, 0.2) is 47.8 Å². The van der Waals surface area contributed by atoms with Gasteiger partial charge < -0.3 is 0 Å². The van der Waals surface area contributed by atoms with Gasteiger partial charge in [0.05, 0.1) is 21.3 Å². The lowest BCUT2D eigenvalue weighted by atomic mass is 9.86. The van der Waals surface area contributed by atoms with Crippen molar-refractivity contribution in [3.63, 3.8) is 0 Å². The molecule has 0 saturated heterocycles. The Morgan fingerprint density at radius 2 is 1.65 bits per heavy atom. The quantitative estimate of drug-likeness (QED) is 0.529. The molecule has 0 fully saturated rings. The fourth-order valence-corrected chi connectivity index (χ4v) is 3.76. The summed E-state index contributed by atoms with van der Waals surface area (Å²) < 4.78 is 0. The molecule has 26 heavy (non-hydrogen) atoms. The summed E-state index contributed by atoms with van der Waals surface area (Å²) in [4.78, 5) is 16.9. The fraction of sp³-hybridized carbons (Fsp3) is 0.200. The minimum Gasteiger partial charge on any atom is -0.298 e. The van der Waals surface area contributed by atoms with Crippen LogP contribution in [-0.2, 0) is 5.41 Å². The molecular weight excluding hydrogens is 387 g/mol. The first kappa shape index (κ1) is 18.9. The number of hydrogen-bond acceptors (Lipinski definition) is 3. The van der Waals surface area contributed by atoms with Gasteiger partial charge in [-0.3, -0.25) is 10.1 Å². The van der Waals surface area contributed by atoms with E-state index in [-0.39, 0.29) is 16.9 Å². The molecule has 3 nitrogen and oxygen atoms in total. The second-order valence-electron chi connectivity index (χ2n) is 6.92. The van der Waals surface area contributed by atoms with Crippen LogP contribution in [-0.4, -0.2) is 10.9 Å². The number of rotatable bonds is 3. The van der Waals surface area contributed by atoms with Crippen molar-refractivity contribution in [2.24, 2.45) is 0 Å². The average molecular weight is 405 g/mol. The van der Waals surface area contributed by atoms with Crippen molar-refractivity contribution < 1.29 is 4.79 Å². The van der Waals surface area contributed by atoms with Crippen molar-refractivity contribution in [3.05, 3.63) is 69.0 Å². The monoisotopic (exact) mass is 404 g/mol. The van der Waals surface area contributed by atoms with E-state index in [4.69, 9.17) is 23.2 Å². The van der Waals surface area contributed by atoms with Crippen molar-refractivity contribution in [1.82, 2.24) is 4.98 Å². The number of carbonyl (C=O) groups excluding carboxylic acids is 1. The second-order valence-corrected chi connectivity index (χ2v) is 8.59. The van der Waals surface area contributed by atoms with Crippen molar-refractivity contribution in [2.75, 3.05) is 5.32 Å². The summed E-state index contributed by atoms with van der Waals surface area (Å²) in [5, 5.41) is 5.80. The van der Waals surface area contributed by atoms with Gasteiger partial charge in [-0.2, -0.15) is 0 Å². The predicted molar refractivity (Wildman–Crippen MR) is 111 cm³/mol. The summed E-state index contributed by atoms with van der Waals surface area (Å²) >= 11 is 13.5. The Morgan fingerprint density at radius 3 is 2.23 bits per heavy atom. The maximum Gasteiger partial charge on any atom is 0.260 e. The van der Waals surface area contributed by atoms with E-state index in [1.165, 1.54) is 16.9 Å². The van der Waals surface area contributed by atoms with E-state index in [9.17, 15) is 4.79 Å². The lowest BCUT2D eigenvalue weighted by Gasteiger charge is -2.18. The molecule has 134 valence electrons. The molecule has 0 saturated carbocycles. The van der Waals surface area contributed by atoms with Crippen LogP contribution < -0.4 is 5.32 Å². The predicted octanol–water partition coefficient (Wildman–Crippen LogP) is 6.67. The summed E-state index contributed by atoms with van der Waals surface area (Å²) in [5.41, 5.74) is 3.44. The Hall–Kier alpha value is -1.88. The molecule has 1 amide bonds. The highest BCUT2D eigenvalue weighted by Crippen LogP contribution is 2.30. The summed E-state index contributed by atoms with van der Waals surface area (Å²) in [6.07, 6.45) is 0. The first-order valence-corrected chi connectivity index (χ1v) is 9.71. The molecule has 6 heteroatoms. The molecule has 0 aliphatic rings. The third kappa shape index (κ3) is 4.09. The van der Waals surface area contributed by atoms with E-state index in [2.05, 4.69) is 43.2 Å². The second kappa shape index (κ2) is 7.39. The van der Waals surface area contributed by atoms with E-state index in [0.29, 0.717) is 15.2 Å². The number of amides is 1. The Balaban J connectivity index is 1.79. The smallest absolute Gasteiger partial charge is 0.260 e. The number of carbonyl (C=O) groups is 1. The van der Waals surface area contributed by atoms with Crippen LogP contribution in [0.25, 0.3) is 11.3 Å². The minimum absolute atomic E-state index is 0.105. The molecule has 1 N–H and O–H groups in total. The molecule has 0 spiro atoms. The van der Waals surface area contributed by atoms with Crippen LogP contribution in [0.1, 0.15) is 36.7 Å². The maximum absolute atomic E-state index is 12.4. The summed E-state index contributed by atoms with van der Waals surface area (Å²) in [6.45, 7) is 6.54. The number of aromatic nitrogens is 1. The number of nitrogens with one attached hydrogen (secondary N) is 1. The maximum atomic E-state index is 12.4. The van der Waals surface area contributed by atoms with Gasteiger partial charge in [0.15, 0.2) is 5.13 Å². The van der Waals surface area contributed by atoms with E-state index in [1.54, 1.807) is 18.2 Å². The summed E-state index contributed by atoms with van der Waals surface area (Å²) in [7, 11) is 0. The molecule has 3 rings (SSSR count). The lowest BCUT2D eigenvalue weighted by Crippen LogP contribution is -2.13.